The van der Waals surface area contributed by atoms with Crippen LogP contribution < -0.4 is 10.6 Å². The second kappa shape index (κ2) is 11.7. The molecule has 0 aliphatic heterocycles. The Morgan fingerprint density at radius 1 is 1.14 bits per heavy atom. The van der Waals surface area contributed by atoms with Gasteiger partial charge in [0.1, 0.15) is 0 Å². The second-order valence-corrected chi connectivity index (χ2v) is 7.22. The Labute approximate surface area is 150 Å². The Morgan fingerprint density at radius 3 is 2.36 bits per heavy atom. The number of hydrogen-bond acceptors (Lipinski definition) is 3. The van der Waals surface area contributed by atoms with Crippen LogP contribution in [0.4, 0.5) is 0 Å². The summed E-state index contributed by atoms with van der Waals surface area (Å²) >= 11 is 0. The van der Waals surface area contributed by atoms with E-state index < -0.39 is 9.84 Å². The zero-order valence-electron chi connectivity index (χ0n) is 13.2. The summed E-state index contributed by atoms with van der Waals surface area (Å²) in [5.41, 5.74) is 1.32. The second-order valence-electron chi connectivity index (χ2n) is 4.75. The summed E-state index contributed by atoms with van der Waals surface area (Å²) in [6, 6.07) is 10.3. The van der Waals surface area contributed by atoms with Crippen molar-refractivity contribution < 1.29 is 8.42 Å². The van der Waals surface area contributed by atoms with Gasteiger partial charge in [0.2, 0.25) is 0 Å². The molecule has 0 spiro atoms. The fourth-order valence-corrected chi connectivity index (χ4v) is 2.54. The fraction of sp³-hybridized carbons (Fsp3) is 0.533. The van der Waals surface area contributed by atoms with Gasteiger partial charge in [0, 0.05) is 25.9 Å². The molecule has 0 unspecified atom stereocenters. The molecule has 0 radical (unpaired) electrons. The molecule has 0 aliphatic rings. The van der Waals surface area contributed by atoms with Crippen LogP contribution in [0.15, 0.2) is 35.3 Å². The van der Waals surface area contributed by atoms with Crippen LogP contribution in [-0.4, -0.2) is 46.0 Å². The molecule has 1 aromatic rings. The topological polar surface area (TPSA) is 70.6 Å². The maximum atomic E-state index is 11.4. The maximum absolute atomic E-state index is 11.4. The number of nitrogens with one attached hydrogen (secondary N) is 2. The van der Waals surface area contributed by atoms with Gasteiger partial charge in [-0.15, -0.1) is 24.0 Å². The van der Waals surface area contributed by atoms with Gasteiger partial charge in [-0.1, -0.05) is 37.3 Å². The molecule has 0 saturated heterocycles. The number of guanidine groups is 1. The van der Waals surface area contributed by atoms with E-state index in [1.165, 1.54) is 5.56 Å². The van der Waals surface area contributed by atoms with Gasteiger partial charge in [-0.3, -0.25) is 4.99 Å². The van der Waals surface area contributed by atoms with E-state index in [1.807, 2.05) is 18.2 Å². The minimum atomic E-state index is -2.93. The summed E-state index contributed by atoms with van der Waals surface area (Å²) in [6.45, 7) is 2.84. The molecule has 0 heterocycles. The largest absolute Gasteiger partial charge is 0.356 e. The van der Waals surface area contributed by atoms with Gasteiger partial charge < -0.3 is 10.6 Å². The number of aryl methyl sites for hydroxylation is 1. The molecule has 0 atom stereocenters. The van der Waals surface area contributed by atoms with Crippen molar-refractivity contribution in [3.8, 4) is 0 Å². The molecule has 2 N–H and O–H groups in total. The predicted octanol–water partition coefficient (Wildman–Crippen LogP) is 1.84. The van der Waals surface area contributed by atoms with Gasteiger partial charge in [-0.2, -0.15) is 0 Å². The first-order valence-corrected chi connectivity index (χ1v) is 9.08. The van der Waals surface area contributed by atoms with Gasteiger partial charge in [-0.25, -0.2) is 8.42 Å². The van der Waals surface area contributed by atoms with Gasteiger partial charge >= 0.3 is 0 Å². The summed E-state index contributed by atoms with van der Waals surface area (Å²) in [5.74, 6) is 0.959. The fourth-order valence-electron chi connectivity index (χ4n) is 1.83. The molecule has 1 aromatic carbocycles. The van der Waals surface area contributed by atoms with Crippen molar-refractivity contribution in [1.29, 1.82) is 0 Å². The quantitative estimate of drug-likeness (QED) is 0.281. The normalized spacial score (nSPS) is 11.6. The Bertz CT molecular complexity index is 533. The zero-order chi connectivity index (χ0) is 15.6. The SMILES string of the molecule is CCS(=O)(=O)CCNC(=NC)NCCCc1ccccc1.I. The first-order chi connectivity index (χ1) is 10.1. The molecule has 22 heavy (non-hydrogen) atoms. The number of halogens is 1. The molecule has 0 aliphatic carbocycles. The predicted molar refractivity (Wildman–Crippen MR) is 104 cm³/mol. The van der Waals surface area contributed by atoms with E-state index in [0.717, 1.165) is 19.4 Å². The molecule has 0 amide bonds. The lowest BCUT2D eigenvalue weighted by Crippen LogP contribution is -2.40. The smallest absolute Gasteiger partial charge is 0.191 e. The van der Waals surface area contributed by atoms with Gasteiger partial charge in [-0.05, 0) is 18.4 Å². The highest BCUT2D eigenvalue weighted by Crippen LogP contribution is 2.01. The number of hydrogen-bond donors (Lipinski definition) is 2. The first kappa shape index (κ1) is 21.2. The average molecular weight is 439 g/mol. The van der Waals surface area contributed by atoms with Crippen LogP contribution in [0.5, 0.6) is 0 Å². The van der Waals surface area contributed by atoms with Gasteiger partial charge in [0.05, 0.1) is 5.75 Å². The first-order valence-electron chi connectivity index (χ1n) is 7.26. The third kappa shape index (κ3) is 9.24. The highest BCUT2D eigenvalue weighted by Gasteiger charge is 2.07. The monoisotopic (exact) mass is 439 g/mol. The lowest BCUT2D eigenvalue weighted by atomic mass is 10.1. The molecule has 5 nitrogen and oxygen atoms in total. The number of nitrogens with zero attached hydrogens (tertiary/aromatic N) is 1. The van der Waals surface area contributed by atoms with E-state index in [9.17, 15) is 8.42 Å². The average Bonchev–Trinajstić information content (AvgIpc) is 2.50. The summed E-state index contributed by atoms with van der Waals surface area (Å²) < 4.78 is 22.8. The number of benzene rings is 1. The van der Waals surface area contributed by atoms with E-state index in [1.54, 1.807) is 14.0 Å². The van der Waals surface area contributed by atoms with E-state index in [4.69, 9.17) is 0 Å². The van der Waals surface area contributed by atoms with Crippen LogP contribution >= 0.6 is 24.0 Å². The van der Waals surface area contributed by atoms with E-state index in [-0.39, 0.29) is 35.5 Å². The Morgan fingerprint density at radius 2 is 1.77 bits per heavy atom. The Balaban J connectivity index is 0.00000441. The molecule has 0 bridgehead atoms. The molecule has 7 heteroatoms. The highest BCUT2D eigenvalue weighted by molar-refractivity contribution is 14.0. The van der Waals surface area contributed by atoms with Crippen molar-refractivity contribution in [2.24, 2.45) is 4.99 Å². The van der Waals surface area contributed by atoms with E-state index in [0.29, 0.717) is 12.5 Å². The van der Waals surface area contributed by atoms with Crippen LogP contribution in [0.25, 0.3) is 0 Å². The van der Waals surface area contributed by atoms with E-state index >= 15 is 0 Å². The van der Waals surface area contributed by atoms with Crippen LogP contribution in [0.3, 0.4) is 0 Å². The Kier molecular flexibility index (Phi) is 11.3. The summed E-state index contributed by atoms with van der Waals surface area (Å²) in [6.07, 6.45) is 2.01. The number of aliphatic imine (C=N–C) groups is 1. The molecule has 126 valence electrons. The van der Waals surface area contributed by atoms with Crippen molar-refractivity contribution in [2.45, 2.75) is 19.8 Å². The maximum Gasteiger partial charge on any atom is 0.191 e. The zero-order valence-corrected chi connectivity index (χ0v) is 16.4. The van der Waals surface area contributed by atoms with Crippen molar-refractivity contribution in [1.82, 2.24) is 10.6 Å². The standard InChI is InChI=1S/C15H25N3O2S.HI/c1-3-21(19,20)13-12-18-15(16-2)17-11-7-10-14-8-5-4-6-9-14;/h4-6,8-9H,3,7,10-13H2,1-2H3,(H2,16,17,18);1H. The number of rotatable bonds is 8. The lowest BCUT2D eigenvalue weighted by molar-refractivity contribution is 0.595. The van der Waals surface area contributed by atoms with Crippen LogP contribution in [0.1, 0.15) is 18.9 Å². The van der Waals surface area contributed by atoms with Crippen molar-refractivity contribution in [2.75, 3.05) is 31.6 Å². The van der Waals surface area contributed by atoms with Crippen molar-refractivity contribution >= 4 is 39.8 Å². The van der Waals surface area contributed by atoms with E-state index in [2.05, 4.69) is 27.8 Å². The minimum absolute atomic E-state index is 0. The van der Waals surface area contributed by atoms with Crippen LogP contribution in [-0.2, 0) is 16.3 Å². The highest BCUT2D eigenvalue weighted by atomic mass is 127. The molecule has 0 aromatic heterocycles. The third-order valence-corrected chi connectivity index (χ3v) is 4.85. The third-order valence-electron chi connectivity index (χ3n) is 3.15. The Hall–Kier alpha value is -0.830. The van der Waals surface area contributed by atoms with Crippen molar-refractivity contribution in [3.63, 3.8) is 0 Å². The lowest BCUT2D eigenvalue weighted by Gasteiger charge is -2.11. The van der Waals surface area contributed by atoms with Crippen LogP contribution in [0, 0.1) is 0 Å². The summed E-state index contributed by atoms with van der Waals surface area (Å²) in [4.78, 5) is 4.08. The van der Waals surface area contributed by atoms with Crippen LogP contribution in [0.2, 0.25) is 0 Å². The molecular formula is C15H26IN3O2S. The molecule has 0 saturated carbocycles. The van der Waals surface area contributed by atoms with Gasteiger partial charge in [0.15, 0.2) is 15.8 Å². The minimum Gasteiger partial charge on any atom is -0.356 e. The molecular weight excluding hydrogens is 413 g/mol. The van der Waals surface area contributed by atoms with Crippen molar-refractivity contribution in [3.05, 3.63) is 35.9 Å². The number of sulfone groups is 1. The summed E-state index contributed by atoms with van der Waals surface area (Å²) in [7, 11) is -1.25. The molecule has 1 rings (SSSR count). The van der Waals surface area contributed by atoms with Gasteiger partial charge in [0.25, 0.3) is 0 Å². The summed E-state index contributed by atoms with van der Waals surface area (Å²) in [5, 5.41) is 6.21. The molecule has 0 fully saturated rings.